The molecule has 1 aliphatic rings. The van der Waals surface area contributed by atoms with Gasteiger partial charge in [0.15, 0.2) is 0 Å². The van der Waals surface area contributed by atoms with Crippen LogP contribution in [0.15, 0.2) is 0 Å². The Kier molecular flexibility index (Phi) is 6.13. The maximum Gasteiger partial charge on any atom is 0.389 e. The highest BCUT2D eigenvalue weighted by molar-refractivity contribution is 4.63. The van der Waals surface area contributed by atoms with E-state index >= 15 is 0 Å². The summed E-state index contributed by atoms with van der Waals surface area (Å²) < 4.78 is 46.0. The Morgan fingerprint density at radius 2 is 2.00 bits per heavy atom. The van der Waals surface area contributed by atoms with Crippen molar-refractivity contribution in [1.29, 1.82) is 0 Å². The van der Waals surface area contributed by atoms with Crippen molar-refractivity contribution in [2.75, 3.05) is 19.8 Å². The molecule has 0 aromatic heterocycles. The first-order valence-corrected chi connectivity index (χ1v) is 5.84. The van der Waals surface area contributed by atoms with Crippen LogP contribution < -0.4 is 0 Å². The Morgan fingerprint density at radius 1 is 1.19 bits per heavy atom. The first kappa shape index (κ1) is 13.8. The number of rotatable bonds is 7. The fourth-order valence-corrected chi connectivity index (χ4v) is 1.72. The van der Waals surface area contributed by atoms with E-state index in [2.05, 4.69) is 0 Å². The summed E-state index contributed by atoms with van der Waals surface area (Å²) in [5.41, 5.74) is 0. The molecule has 0 amide bonds. The third-order valence-electron chi connectivity index (χ3n) is 2.61. The van der Waals surface area contributed by atoms with Crippen molar-refractivity contribution in [3.63, 3.8) is 0 Å². The summed E-state index contributed by atoms with van der Waals surface area (Å²) in [5, 5.41) is 0. The molecule has 1 rings (SSSR count). The average Bonchev–Trinajstić information content (AvgIpc) is 2.67. The third-order valence-corrected chi connectivity index (χ3v) is 2.61. The van der Waals surface area contributed by atoms with Crippen molar-refractivity contribution >= 4 is 0 Å². The van der Waals surface area contributed by atoms with Crippen LogP contribution in [0.4, 0.5) is 13.2 Å². The van der Waals surface area contributed by atoms with Crippen LogP contribution in [0.2, 0.25) is 0 Å². The van der Waals surface area contributed by atoms with Gasteiger partial charge in [-0.1, -0.05) is 0 Å². The zero-order valence-electron chi connectivity index (χ0n) is 9.39. The van der Waals surface area contributed by atoms with Gasteiger partial charge >= 0.3 is 6.18 Å². The smallest absolute Gasteiger partial charge is 0.381 e. The first-order valence-electron chi connectivity index (χ1n) is 5.84. The molecule has 0 saturated carbocycles. The molecule has 1 heterocycles. The van der Waals surface area contributed by atoms with Crippen LogP contribution in [0.1, 0.15) is 38.5 Å². The van der Waals surface area contributed by atoms with Crippen LogP contribution in [0.25, 0.3) is 0 Å². The number of unbranched alkanes of at least 4 members (excludes halogenated alkanes) is 1. The lowest BCUT2D eigenvalue weighted by atomic mass is 10.2. The maximum absolute atomic E-state index is 11.8. The predicted molar refractivity (Wildman–Crippen MR) is 54.3 cm³/mol. The van der Waals surface area contributed by atoms with Crippen LogP contribution in [-0.4, -0.2) is 32.1 Å². The Bertz CT molecular complexity index is 177. The zero-order chi connectivity index (χ0) is 11.9. The van der Waals surface area contributed by atoms with Crippen molar-refractivity contribution in [2.45, 2.75) is 50.8 Å². The molecule has 0 spiro atoms. The number of ether oxygens (including phenoxy) is 2. The van der Waals surface area contributed by atoms with Crippen molar-refractivity contribution in [2.24, 2.45) is 0 Å². The van der Waals surface area contributed by atoms with Gasteiger partial charge in [-0.3, -0.25) is 0 Å². The maximum atomic E-state index is 11.8. The fraction of sp³-hybridized carbons (Fsp3) is 1.00. The Morgan fingerprint density at radius 3 is 2.62 bits per heavy atom. The van der Waals surface area contributed by atoms with Gasteiger partial charge in [0.25, 0.3) is 0 Å². The minimum atomic E-state index is -4.03. The van der Waals surface area contributed by atoms with Crippen LogP contribution in [0.3, 0.4) is 0 Å². The number of halogens is 3. The Balaban J connectivity index is 1.81. The molecule has 1 atom stereocenters. The molecule has 16 heavy (non-hydrogen) atoms. The lowest BCUT2D eigenvalue weighted by Gasteiger charge is -2.09. The zero-order valence-corrected chi connectivity index (χ0v) is 9.39. The van der Waals surface area contributed by atoms with Gasteiger partial charge in [0.05, 0.1) is 6.10 Å². The van der Waals surface area contributed by atoms with Crippen LogP contribution in [0.5, 0.6) is 0 Å². The van der Waals surface area contributed by atoms with Crippen molar-refractivity contribution in [3.05, 3.63) is 0 Å². The molecule has 1 unspecified atom stereocenters. The second-order valence-corrected chi connectivity index (χ2v) is 4.11. The van der Waals surface area contributed by atoms with E-state index in [0.29, 0.717) is 25.7 Å². The average molecular weight is 240 g/mol. The van der Waals surface area contributed by atoms with E-state index in [4.69, 9.17) is 9.47 Å². The summed E-state index contributed by atoms with van der Waals surface area (Å²) in [4.78, 5) is 0. The molecule has 2 nitrogen and oxygen atoms in total. The molecule has 1 fully saturated rings. The summed E-state index contributed by atoms with van der Waals surface area (Å²) >= 11 is 0. The van der Waals surface area contributed by atoms with Gasteiger partial charge in [0, 0.05) is 26.2 Å². The molecular weight excluding hydrogens is 221 g/mol. The lowest BCUT2D eigenvalue weighted by Crippen LogP contribution is -2.10. The van der Waals surface area contributed by atoms with Crippen molar-refractivity contribution < 1.29 is 22.6 Å². The lowest BCUT2D eigenvalue weighted by molar-refractivity contribution is -0.136. The van der Waals surface area contributed by atoms with Gasteiger partial charge in [-0.15, -0.1) is 0 Å². The third kappa shape index (κ3) is 7.06. The molecule has 5 heteroatoms. The van der Waals surface area contributed by atoms with E-state index < -0.39 is 12.6 Å². The Hall–Kier alpha value is -0.290. The highest BCUT2D eigenvalue weighted by Crippen LogP contribution is 2.22. The van der Waals surface area contributed by atoms with Crippen molar-refractivity contribution in [3.8, 4) is 0 Å². The standard InChI is InChI=1S/C11H19F3O2/c12-11(13,14)6-1-2-7-15-9-5-10-4-3-8-16-10/h10H,1-9H2. The van der Waals surface area contributed by atoms with Crippen LogP contribution >= 0.6 is 0 Å². The highest BCUT2D eigenvalue weighted by atomic mass is 19.4. The Labute approximate surface area is 94.1 Å². The quantitative estimate of drug-likeness (QED) is 0.636. The molecule has 0 aromatic carbocycles. The van der Waals surface area contributed by atoms with Gasteiger partial charge < -0.3 is 9.47 Å². The minimum Gasteiger partial charge on any atom is -0.381 e. The summed E-state index contributed by atoms with van der Waals surface area (Å²) in [6.07, 6.45) is -0.753. The van der Waals surface area contributed by atoms with Gasteiger partial charge in [-0.25, -0.2) is 0 Å². The van der Waals surface area contributed by atoms with E-state index in [1.54, 1.807) is 0 Å². The van der Waals surface area contributed by atoms with Gasteiger partial charge in [-0.2, -0.15) is 13.2 Å². The summed E-state index contributed by atoms with van der Waals surface area (Å²) in [6, 6.07) is 0. The largest absolute Gasteiger partial charge is 0.389 e. The summed E-state index contributed by atoms with van der Waals surface area (Å²) in [6.45, 7) is 1.84. The SMILES string of the molecule is FC(F)(F)CCCCOCCC1CCCO1. The molecule has 0 N–H and O–H groups in total. The van der Waals surface area contributed by atoms with E-state index in [1.807, 2.05) is 0 Å². The number of hydrogen-bond donors (Lipinski definition) is 0. The molecular formula is C11H19F3O2. The van der Waals surface area contributed by atoms with E-state index in [1.165, 1.54) is 0 Å². The summed E-state index contributed by atoms with van der Waals surface area (Å²) in [5.74, 6) is 0. The van der Waals surface area contributed by atoms with E-state index in [-0.39, 0.29) is 6.42 Å². The minimum absolute atomic E-state index is 0.156. The normalized spacial score (nSPS) is 21.6. The number of hydrogen-bond acceptors (Lipinski definition) is 2. The van der Waals surface area contributed by atoms with E-state index in [9.17, 15) is 13.2 Å². The predicted octanol–water partition coefficient (Wildman–Crippen LogP) is 3.30. The molecule has 0 radical (unpaired) electrons. The molecule has 1 aliphatic heterocycles. The van der Waals surface area contributed by atoms with E-state index in [0.717, 1.165) is 25.9 Å². The van der Waals surface area contributed by atoms with Crippen LogP contribution in [0, 0.1) is 0 Å². The fourth-order valence-electron chi connectivity index (χ4n) is 1.72. The first-order chi connectivity index (χ1) is 7.58. The molecule has 1 saturated heterocycles. The van der Waals surface area contributed by atoms with Gasteiger partial charge in [-0.05, 0) is 32.1 Å². The molecule has 0 aliphatic carbocycles. The number of alkyl halides is 3. The molecule has 0 bridgehead atoms. The molecule has 96 valence electrons. The second-order valence-electron chi connectivity index (χ2n) is 4.11. The summed E-state index contributed by atoms with van der Waals surface area (Å²) in [7, 11) is 0. The van der Waals surface area contributed by atoms with Gasteiger partial charge in [0.2, 0.25) is 0 Å². The second kappa shape index (κ2) is 7.12. The molecule has 0 aromatic rings. The topological polar surface area (TPSA) is 18.5 Å². The monoisotopic (exact) mass is 240 g/mol. The van der Waals surface area contributed by atoms with Crippen LogP contribution in [-0.2, 0) is 9.47 Å². The highest BCUT2D eigenvalue weighted by Gasteiger charge is 2.25. The van der Waals surface area contributed by atoms with Crippen molar-refractivity contribution in [1.82, 2.24) is 0 Å². The van der Waals surface area contributed by atoms with Gasteiger partial charge in [0.1, 0.15) is 0 Å².